The summed E-state index contributed by atoms with van der Waals surface area (Å²) in [7, 11) is 2.07. The smallest absolute Gasteiger partial charge is 0.118 e. The van der Waals surface area contributed by atoms with E-state index in [1.54, 1.807) is 0 Å². The maximum Gasteiger partial charge on any atom is 0.118 e. The third-order valence-electron chi connectivity index (χ3n) is 4.51. The van der Waals surface area contributed by atoms with Gasteiger partial charge in [-0.05, 0) is 51.3 Å². The molecular formula is C17H22N2S. The number of nitrogens with zero attached hydrogens (tertiary/aromatic N) is 1. The van der Waals surface area contributed by atoms with Gasteiger partial charge in [0, 0.05) is 4.88 Å². The van der Waals surface area contributed by atoms with Crippen molar-refractivity contribution in [1.29, 1.82) is 0 Å². The minimum atomic E-state index is -0.0792. The third-order valence-corrected chi connectivity index (χ3v) is 5.69. The van der Waals surface area contributed by atoms with Gasteiger partial charge in [0.2, 0.25) is 0 Å². The van der Waals surface area contributed by atoms with Crippen LogP contribution in [0.4, 0.5) is 0 Å². The number of thiazole rings is 1. The van der Waals surface area contributed by atoms with E-state index in [-0.39, 0.29) is 5.54 Å². The molecule has 0 fully saturated rings. The Kier molecular flexibility index (Phi) is 3.43. The van der Waals surface area contributed by atoms with Crippen molar-refractivity contribution in [2.75, 3.05) is 7.05 Å². The zero-order valence-corrected chi connectivity index (χ0v) is 13.5. The van der Waals surface area contributed by atoms with E-state index >= 15 is 0 Å². The maximum absolute atomic E-state index is 4.94. The molecule has 0 spiro atoms. The van der Waals surface area contributed by atoms with Crippen LogP contribution in [0, 0.1) is 13.8 Å². The lowest BCUT2D eigenvalue weighted by Crippen LogP contribution is -2.39. The summed E-state index contributed by atoms with van der Waals surface area (Å²) in [6.07, 6.45) is 3.26. The summed E-state index contributed by atoms with van der Waals surface area (Å²) in [5.41, 5.74) is 5.40. The van der Waals surface area contributed by atoms with E-state index in [2.05, 4.69) is 51.3 Å². The van der Waals surface area contributed by atoms with E-state index in [0.717, 1.165) is 19.3 Å². The lowest BCUT2D eigenvalue weighted by atomic mass is 9.91. The van der Waals surface area contributed by atoms with Gasteiger partial charge in [-0.15, -0.1) is 11.3 Å². The van der Waals surface area contributed by atoms with Crippen molar-refractivity contribution in [2.24, 2.45) is 0 Å². The van der Waals surface area contributed by atoms with Crippen LogP contribution in [0.15, 0.2) is 18.2 Å². The molecule has 1 atom stereocenters. The van der Waals surface area contributed by atoms with Crippen molar-refractivity contribution in [3.63, 3.8) is 0 Å². The van der Waals surface area contributed by atoms with Gasteiger partial charge in [0.05, 0.1) is 11.2 Å². The molecule has 20 heavy (non-hydrogen) atoms. The largest absolute Gasteiger partial charge is 0.305 e. The summed E-state index contributed by atoms with van der Waals surface area (Å²) < 4.78 is 0. The zero-order valence-electron chi connectivity index (χ0n) is 12.7. The van der Waals surface area contributed by atoms with Gasteiger partial charge < -0.3 is 5.32 Å². The number of fused-ring (bicyclic) bond motifs is 1. The quantitative estimate of drug-likeness (QED) is 0.930. The van der Waals surface area contributed by atoms with Crippen LogP contribution in [0.1, 0.15) is 45.6 Å². The molecule has 1 N–H and O–H groups in total. The van der Waals surface area contributed by atoms with Gasteiger partial charge >= 0.3 is 0 Å². The Morgan fingerprint density at radius 2 is 2.15 bits per heavy atom. The van der Waals surface area contributed by atoms with Gasteiger partial charge in [-0.3, -0.25) is 0 Å². The second-order valence-electron chi connectivity index (χ2n) is 5.69. The Balaban J connectivity index is 2.17. The molecular weight excluding hydrogens is 264 g/mol. The van der Waals surface area contributed by atoms with Gasteiger partial charge in [-0.25, -0.2) is 4.98 Å². The van der Waals surface area contributed by atoms with E-state index in [1.807, 2.05) is 11.3 Å². The van der Waals surface area contributed by atoms with Crippen LogP contribution in [-0.2, 0) is 18.4 Å². The first-order valence-corrected chi connectivity index (χ1v) is 8.18. The van der Waals surface area contributed by atoms with Gasteiger partial charge in [-0.2, -0.15) is 0 Å². The number of hydrogen-bond acceptors (Lipinski definition) is 3. The Labute approximate surface area is 125 Å². The molecule has 1 aliphatic rings. The van der Waals surface area contributed by atoms with E-state index < -0.39 is 0 Å². The van der Waals surface area contributed by atoms with Gasteiger partial charge in [0.1, 0.15) is 5.01 Å². The molecule has 0 aliphatic heterocycles. The predicted octanol–water partition coefficient (Wildman–Crippen LogP) is 3.73. The molecule has 0 radical (unpaired) electrons. The third kappa shape index (κ3) is 1.92. The van der Waals surface area contributed by atoms with Gasteiger partial charge in [0.15, 0.2) is 0 Å². The monoisotopic (exact) mass is 286 g/mol. The van der Waals surface area contributed by atoms with Crippen LogP contribution in [-0.4, -0.2) is 12.0 Å². The molecule has 0 amide bonds. The van der Waals surface area contributed by atoms with Crippen LogP contribution in [0.3, 0.4) is 0 Å². The topological polar surface area (TPSA) is 24.9 Å². The normalized spacial score (nSPS) is 21.2. The summed E-state index contributed by atoms with van der Waals surface area (Å²) in [5, 5.41) is 4.82. The molecule has 1 unspecified atom stereocenters. The number of hydrogen-bond donors (Lipinski definition) is 1. The highest BCUT2D eigenvalue weighted by atomic mass is 32.1. The Hall–Kier alpha value is -1.19. The predicted molar refractivity (Wildman–Crippen MR) is 85.6 cm³/mol. The number of nitrogens with one attached hydrogen (secondary N) is 1. The number of aromatic nitrogens is 1. The van der Waals surface area contributed by atoms with Crippen molar-refractivity contribution in [1.82, 2.24) is 10.3 Å². The van der Waals surface area contributed by atoms with Crippen LogP contribution in [0.25, 0.3) is 0 Å². The summed E-state index contributed by atoms with van der Waals surface area (Å²) in [6.45, 7) is 6.55. The molecule has 3 rings (SSSR count). The van der Waals surface area contributed by atoms with Gasteiger partial charge in [0.25, 0.3) is 0 Å². The summed E-state index contributed by atoms with van der Waals surface area (Å²) in [6, 6.07) is 6.83. The first-order valence-electron chi connectivity index (χ1n) is 7.36. The minimum Gasteiger partial charge on any atom is -0.305 e. The average molecular weight is 286 g/mol. The van der Waals surface area contributed by atoms with Crippen molar-refractivity contribution < 1.29 is 0 Å². The molecule has 2 aromatic rings. The Morgan fingerprint density at radius 3 is 2.80 bits per heavy atom. The first-order chi connectivity index (χ1) is 9.60. The first kappa shape index (κ1) is 13.8. The SMILES string of the molecule is CCc1nc(C2(NC)CCc3ccc(C)cc32)sc1C. The lowest BCUT2D eigenvalue weighted by molar-refractivity contribution is 0.433. The summed E-state index contributed by atoms with van der Waals surface area (Å²) in [4.78, 5) is 6.30. The standard InChI is InChI=1S/C17H22N2S/c1-5-15-12(3)20-16(19-15)17(18-4)9-8-13-7-6-11(2)10-14(13)17/h6-7,10,18H,5,8-9H2,1-4H3. The van der Waals surface area contributed by atoms with Crippen LogP contribution in [0.5, 0.6) is 0 Å². The lowest BCUT2D eigenvalue weighted by Gasteiger charge is -2.28. The molecule has 2 nitrogen and oxygen atoms in total. The molecule has 3 heteroatoms. The second kappa shape index (κ2) is 4.97. The van der Waals surface area contributed by atoms with Crippen molar-refractivity contribution in [2.45, 2.75) is 45.6 Å². The highest BCUT2D eigenvalue weighted by Gasteiger charge is 2.41. The molecule has 1 aromatic heterocycles. The fourth-order valence-electron chi connectivity index (χ4n) is 3.29. The minimum absolute atomic E-state index is 0.0792. The van der Waals surface area contributed by atoms with Crippen LogP contribution >= 0.6 is 11.3 Å². The van der Waals surface area contributed by atoms with Crippen LogP contribution in [0.2, 0.25) is 0 Å². The van der Waals surface area contributed by atoms with Gasteiger partial charge in [-0.1, -0.05) is 30.7 Å². The van der Waals surface area contributed by atoms with E-state index in [9.17, 15) is 0 Å². The van der Waals surface area contributed by atoms with Crippen molar-refractivity contribution in [3.8, 4) is 0 Å². The highest BCUT2D eigenvalue weighted by molar-refractivity contribution is 7.11. The number of rotatable bonds is 3. The van der Waals surface area contributed by atoms with E-state index in [0.29, 0.717) is 0 Å². The maximum atomic E-state index is 4.94. The van der Waals surface area contributed by atoms with E-state index in [4.69, 9.17) is 4.98 Å². The molecule has 0 bridgehead atoms. The molecule has 106 valence electrons. The van der Waals surface area contributed by atoms with Crippen LogP contribution < -0.4 is 5.32 Å². The molecule has 0 saturated carbocycles. The molecule has 1 aliphatic carbocycles. The highest BCUT2D eigenvalue weighted by Crippen LogP contribution is 2.44. The second-order valence-corrected chi connectivity index (χ2v) is 6.89. The van der Waals surface area contributed by atoms with Crippen molar-refractivity contribution in [3.05, 3.63) is 50.5 Å². The Morgan fingerprint density at radius 1 is 1.35 bits per heavy atom. The zero-order chi connectivity index (χ0) is 14.3. The summed E-state index contributed by atoms with van der Waals surface area (Å²) >= 11 is 1.86. The summed E-state index contributed by atoms with van der Waals surface area (Å²) in [5.74, 6) is 0. The fourth-order valence-corrected chi connectivity index (χ4v) is 4.53. The van der Waals surface area contributed by atoms with E-state index in [1.165, 1.54) is 32.3 Å². The average Bonchev–Trinajstić information content (AvgIpc) is 3.00. The molecule has 1 aromatic carbocycles. The fraction of sp³-hybridized carbons (Fsp3) is 0.471. The number of benzene rings is 1. The van der Waals surface area contributed by atoms with Crippen molar-refractivity contribution >= 4 is 11.3 Å². The molecule has 0 saturated heterocycles. The Bertz CT molecular complexity index is 644. The number of aryl methyl sites for hydroxylation is 4. The molecule has 1 heterocycles.